The number of nitrogens with one attached hydrogen (secondary N) is 1. The van der Waals surface area contributed by atoms with E-state index in [1.807, 2.05) is 67.6 Å². The van der Waals surface area contributed by atoms with E-state index in [9.17, 15) is 10.1 Å². The fourth-order valence-electron chi connectivity index (χ4n) is 2.23. The zero-order chi connectivity index (χ0) is 14.4. The van der Waals surface area contributed by atoms with Crippen LogP contribution in [0.4, 0.5) is 0 Å². The Balaban J connectivity index is 2.14. The average molecular weight is 270 g/mol. The van der Waals surface area contributed by atoms with Gasteiger partial charge in [0.05, 0.1) is 6.04 Å². The van der Waals surface area contributed by atoms with E-state index >= 15 is 0 Å². The molecular formula is C16H18N2O2. The standard InChI is InChI=1S/C16H18N2O2/c1-13(14-8-4-2-5-9-14)17-16(12-18(19)20)15-10-6-3-7-11-15/h2-11,13,16-17H,12H2,1H3/t13-,16-/m0/s1. The second-order valence-corrected chi connectivity index (χ2v) is 4.78. The highest BCUT2D eigenvalue weighted by atomic mass is 16.6. The van der Waals surface area contributed by atoms with Crippen molar-refractivity contribution < 1.29 is 4.92 Å². The molecule has 0 aliphatic carbocycles. The lowest BCUT2D eigenvalue weighted by Gasteiger charge is -2.21. The molecule has 0 heterocycles. The van der Waals surface area contributed by atoms with Gasteiger partial charge in [-0.25, -0.2) is 0 Å². The number of nitro groups is 1. The molecular weight excluding hydrogens is 252 g/mol. The lowest BCUT2D eigenvalue weighted by molar-refractivity contribution is -0.484. The zero-order valence-electron chi connectivity index (χ0n) is 11.4. The van der Waals surface area contributed by atoms with Gasteiger partial charge in [-0.15, -0.1) is 0 Å². The number of rotatable bonds is 6. The summed E-state index contributed by atoms with van der Waals surface area (Å²) in [6.07, 6.45) is 0. The minimum Gasteiger partial charge on any atom is -0.298 e. The van der Waals surface area contributed by atoms with Gasteiger partial charge >= 0.3 is 0 Å². The third-order valence-electron chi connectivity index (χ3n) is 3.28. The number of benzene rings is 2. The van der Waals surface area contributed by atoms with E-state index in [2.05, 4.69) is 5.32 Å². The van der Waals surface area contributed by atoms with Crippen LogP contribution in [0.5, 0.6) is 0 Å². The molecule has 0 unspecified atom stereocenters. The highest BCUT2D eigenvalue weighted by molar-refractivity contribution is 5.22. The molecule has 0 bridgehead atoms. The van der Waals surface area contributed by atoms with Crippen molar-refractivity contribution in [3.05, 3.63) is 81.9 Å². The van der Waals surface area contributed by atoms with E-state index in [-0.39, 0.29) is 23.6 Å². The SMILES string of the molecule is C[C@H](N[C@@H](C[N+](=O)[O-])c1ccccc1)c1ccccc1. The van der Waals surface area contributed by atoms with Crippen LogP contribution in [0.15, 0.2) is 60.7 Å². The molecule has 0 radical (unpaired) electrons. The van der Waals surface area contributed by atoms with Gasteiger partial charge in [0.25, 0.3) is 0 Å². The van der Waals surface area contributed by atoms with Crippen LogP contribution in [0.3, 0.4) is 0 Å². The van der Waals surface area contributed by atoms with Gasteiger partial charge in [0.15, 0.2) is 0 Å². The number of nitrogens with zero attached hydrogens (tertiary/aromatic N) is 1. The first-order chi connectivity index (χ1) is 9.66. The summed E-state index contributed by atoms with van der Waals surface area (Å²) in [7, 11) is 0. The molecule has 0 spiro atoms. The van der Waals surface area contributed by atoms with Gasteiger partial charge in [0, 0.05) is 11.0 Å². The molecule has 0 aliphatic rings. The van der Waals surface area contributed by atoms with Crippen molar-refractivity contribution in [1.82, 2.24) is 5.32 Å². The highest BCUT2D eigenvalue weighted by Gasteiger charge is 2.20. The molecule has 0 saturated carbocycles. The summed E-state index contributed by atoms with van der Waals surface area (Å²) in [5, 5.41) is 14.2. The number of hydrogen-bond donors (Lipinski definition) is 1. The van der Waals surface area contributed by atoms with E-state index in [0.29, 0.717) is 0 Å². The Bertz CT molecular complexity index is 543. The average Bonchev–Trinajstić information content (AvgIpc) is 2.48. The van der Waals surface area contributed by atoms with Gasteiger partial charge in [-0.2, -0.15) is 0 Å². The summed E-state index contributed by atoms with van der Waals surface area (Å²) >= 11 is 0. The van der Waals surface area contributed by atoms with Crippen LogP contribution >= 0.6 is 0 Å². The molecule has 20 heavy (non-hydrogen) atoms. The van der Waals surface area contributed by atoms with Crippen molar-refractivity contribution in [2.45, 2.75) is 19.0 Å². The Kier molecular flexibility index (Phi) is 4.85. The Hall–Kier alpha value is -2.20. The zero-order valence-corrected chi connectivity index (χ0v) is 11.4. The molecule has 2 aromatic carbocycles. The molecule has 4 heteroatoms. The normalized spacial score (nSPS) is 13.7. The van der Waals surface area contributed by atoms with E-state index in [1.54, 1.807) is 0 Å². The molecule has 0 aromatic heterocycles. The first-order valence-electron chi connectivity index (χ1n) is 6.64. The molecule has 0 aliphatic heterocycles. The fraction of sp³-hybridized carbons (Fsp3) is 0.250. The molecule has 0 amide bonds. The summed E-state index contributed by atoms with van der Waals surface area (Å²) in [4.78, 5) is 10.6. The Labute approximate surface area is 118 Å². The highest BCUT2D eigenvalue weighted by Crippen LogP contribution is 2.19. The number of hydrogen-bond acceptors (Lipinski definition) is 3. The van der Waals surface area contributed by atoms with Gasteiger partial charge in [-0.3, -0.25) is 15.4 Å². The topological polar surface area (TPSA) is 55.2 Å². The van der Waals surface area contributed by atoms with Crippen LogP contribution < -0.4 is 5.32 Å². The Morgan fingerprint density at radius 3 is 2.00 bits per heavy atom. The van der Waals surface area contributed by atoms with Gasteiger partial charge < -0.3 is 0 Å². The van der Waals surface area contributed by atoms with E-state index in [0.717, 1.165) is 11.1 Å². The summed E-state index contributed by atoms with van der Waals surface area (Å²) in [6, 6.07) is 19.2. The van der Waals surface area contributed by atoms with Crippen molar-refractivity contribution in [3.63, 3.8) is 0 Å². The first-order valence-corrected chi connectivity index (χ1v) is 6.64. The lowest BCUT2D eigenvalue weighted by Crippen LogP contribution is -2.30. The summed E-state index contributed by atoms with van der Waals surface area (Å²) in [6.45, 7) is 1.90. The Morgan fingerprint density at radius 2 is 1.50 bits per heavy atom. The molecule has 104 valence electrons. The molecule has 1 N–H and O–H groups in total. The summed E-state index contributed by atoms with van der Waals surface area (Å²) < 4.78 is 0. The van der Waals surface area contributed by atoms with E-state index < -0.39 is 0 Å². The second kappa shape index (κ2) is 6.82. The third-order valence-corrected chi connectivity index (χ3v) is 3.28. The lowest BCUT2D eigenvalue weighted by atomic mass is 10.0. The minimum atomic E-state index is -0.290. The van der Waals surface area contributed by atoms with E-state index in [1.165, 1.54) is 0 Å². The maximum Gasteiger partial charge on any atom is 0.223 e. The maximum absolute atomic E-state index is 10.9. The van der Waals surface area contributed by atoms with Crippen LogP contribution in [0.2, 0.25) is 0 Å². The van der Waals surface area contributed by atoms with Gasteiger partial charge in [0.2, 0.25) is 6.54 Å². The van der Waals surface area contributed by atoms with Crippen LogP contribution in [0, 0.1) is 10.1 Å². The largest absolute Gasteiger partial charge is 0.298 e. The van der Waals surface area contributed by atoms with Crippen molar-refractivity contribution in [3.8, 4) is 0 Å². The van der Waals surface area contributed by atoms with Crippen LogP contribution in [-0.4, -0.2) is 11.5 Å². The van der Waals surface area contributed by atoms with Crippen LogP contribution in [0.25, 0.3) is 0 Å². The molecule has 2 rings (SSSR count). The molecule has 0 fully saturated rings. The predicted molar refractivity (Wildman–Crippen MR) is 79.0 cm³/mol. The predicted octanol–water partition coefficient (Wildman–Crippen LogP) is 3.36. The van der Waals surface area contributed by atoms with Crippen molar-refractivity contribution in [2.24, 2.45) is 0 Å². The van der Waals surface area contributed by atoms with Gasteiger partial charge in [-0.05, 0) is 18.1 Å². The van der Waals surface area contributed by atoms with Gasteiger partial charge in [0.1, 0.15) is 0 Å². The van der Waals surface area contributed by atoms with Gasteiger partial charge in [-0.1, -0.05) is 60.7 Å². The molecule has 2 atom stereocenters. The first kappa shape index (κ1) is 14.2. The van der Waals surface area contributed by atoms with E-state index in [4.69, 9.17) is 0 Å². The quantitative estimate of drug-likeness (QED) is 0.647. The fourth-order valence-corrected chi connectivity index (χ4v) is 2.23. The maximum atomic E-state index is 10.9. The monoisotopic (exact) mass is 270 g/mol. The van der Waals surface area contributed by atoms with Crippen LogP contribution in [-0.2, 0) is 0 Å². The summed E-state index contributed by atoms with van der Waals surface area (Å²) in [5.41, 5.74) is 2.06. The molecule has 4 nitrogen and oxygen atoms in total. The van der Waals surface area contributed by atoms with Crippen LogP contribution in [0.1, 0.15) is 30.1 Å². The Morgan fingerprint density at radius 1 is 1.00 bits per heavy atom. The van der Waals surface area contributed by atoms with Crippen molar-refractivity contribution in [1.29, 1.82) is 0 Å². The third kappa shape index (κ3) is 3.90. The minimum absolute atomic E-state index is 0.0568. The molecule has 0 saturated heterocycles. The smallest absolute Gasteiger partial charge is 0.223 e. The second-order valence-electron chi connectivity index (χ2n) is 4.78. The summed E-state index contributed by atoms with van der Waals surface area (Å²) in [5.74, 6) is 0. The van der Waals surface area contributed by atoms with Crippen molar-refractivity contribution in [2.75, 3.05) is 6.54 Å². The van der Waals surface area contributed by atoms with Crippen molar-refractivity contribution >= 4 is 0 Å². The molecule has 2 aromatic rings.